The Morgan fingerprint density at radius 1 is 0.733 bits per heavy atom. The zero-order chi connectivity index (χ0) is 20.5. The predicted octanol–water partition coefficient (Wildman–Crippen LogP) is 7.50. The maximum Gasteiger partial charge on any atom is 0.0998 e. The molecule has 0 aliphatic rings. The molecule has 30 heavy (non-hydrogen) atoms. The third-order valence-electron chi connectivity index (χ3n) is 5.32. The van der Waals surface area contributed by atoms with Gasteiger partial charge in [0, 0.05) is 21.5 Å². The Morgan fingerprint density at radius 2 is 1.30 bits per heavy atom. The molecule has 4 aromatic carbocycles. The lowest BCUT2D eigenvalue weighted by molar-refractivity contribution is 1.18. The highest BCUT2D eigenvalue weighted by Gasteiger charge is 2.11. The van der Waals surface area contributed by atoms with Crippen LogP contribution in [0.3, 0.4) is 0 Å². The van der Waals surface area contributed by atoms with Crippen molar-refractivity contribution in [1.29, 1.82) is 5.26 Å². The van der Waals surface area contributed by atoms with E-state index >= 15 is 0 Å². The minimum atomic E-state index is 0.608. The van der Waals surface area contributed by atoms with Gasteiger partial charge in [-0.05, 0) is 53.6 Å². The summed E-state index contributed by atoms with van der Waals surface area (Å²) in [6, 6.07) is 34.8. The first-order chi connectivity index (χ1) is 14.7. The van der Waals surface area contributed by atoms with Crippen LogP contribution >= 0.6 is 11.6 Å². The molecule has 0 N–H and O–H groups in total. The van der Waals surface area contributed by atoms with Crippen molar-refractivity contribution >= 4 is 45.1 Å². The van der Waals surface area contributed by atoms with Crippen LogP contribution in [-0.4, -0.2) is 4.57 Å². The Morgan fingerprint density at radius 3 is 1.87 bits per heavy atom. The first kappa shape index (κ1) is 18.2. The number of fused-ring (bicyclic) bond motifs is 3. The second-order valence-electron chi connectivity index (χ2n) is 7.14. The van der Waals surface area contributed by atoms with Crippen molar-refractivity contribution in [3.63, 3.8) is 0 Å². The van der Waals surface area contributed by atoms with Crippen molar-refractivity contribution in [2.24, 2.45) is 0 Å². The van der Waals surface area contributed by atoms with Gasteiger partial charge >= 0.3 is 0 Å². The van der Waals surface area contributed by atoms with Gasteiger partial charge in [-0.3, -0.25) is 0 Å². The summed E-state index contributed by atoms with van der Waals surface area (Å²) >= 11 is 5.96. The lowest BCUT2D eigenvalue weighted by Crippen LogP contribution is -1.93. The number of allylic oxidation sites excluding steroid dienone is 1. The Balaban J connectivity index is 1.59. The molecule has 5 aromatic rings. The minimum absolute atomic E-state index is 0.608. The van der Waals surface area contributed by atoms with Crippen molar-refractivity contribution < 1.29 is 0 Å². The quantitative estimate of drug-likeness (QED) is 0.226. The number of para-hydroxylation sites is 2. The van der Waals surface area contributed by atoms with Crippen molar-refractivity contribution in [3.05, 3.63) is 113 Å². The molecule has 0 aliphatic heterocycles. The summed E-state index contributed by atoms with van der Waals surface area (Å²) in [5.74, 6) is 0. The normalized spacial score (nSPS) is 11.7. The number of nitriles is 1. The van der Waals surface area contributed by atoms with E-state index < -0.39 is 0 Å². The number of aromatic nitrogens is 1. The summed E-state index contributed by atoms with van der Waals surface area (Å²) in [6.07, 6.45) is 1.90. The highest BCUT2D eigenvalue weighted by molar-refractivity contribution is 6.30. The summed E-state index contributed by atoms with van der Waals surface area (Å²) in [6.45, 7) is 0. The van der Waals surface area contributed by atoms with Gasteiger partial charge in [-0.25, -0.2) is 0 Å². The van der Waals surface area contributed by atoms with Crippen LogP contribution in [0, 0.1) is 11.3 Å². The maximum atomic E-state index is 9.60. The summed E-state index contributed by atoms with van der Waals surface area (Å²) in [4.78, 5) is 0. The molecule has 0 bridgehead atoms. The van der Waals surface area contributed by atoms with E-state index in [1.165, 1.54) is 21.8 Å². The van der Waals surface area contributed by atoms with E-state index in [-0.39, 0.29) is 0 Å². The van der Waals surface area contributed by atoms with E-state index in [4.69, 9.17) is 11.6 Å². The topological polar surface area (TPSA) is 28.7 Å². The van der Waals surface area contributed by atoms with Crippen molar-refractivity contribution in [2.75, 3.05) is 0 Å². The molecule has 0 atom stereocenters. The molecule has 0 amide bonds. The monoisotopic (exact) mass is 404 g/mol. The van der Waals surface area contributed by atoms with Crippen molar-refractivity contribution in [2.45, 2.75) is 0 Å². The summed E-state index contributed by atoms with van der Waals surface area (Å²) in [5.41, 5.74) is 5.90. The molecule has 1 aromatic heterocycles. The number of halogens is 1. The lowest BCUT2D eigenvalue weighted by atomic mass is 10.0. The summed E-state index contributed by atoms with van der Waals surface area (Å²) in [7, 11) is 0. The van der Waals surface area contributed by atoms with Crippen LogP contribution < -0.4 is 0 Å². The SMILES string of the molecule is N#C/C(=C\c1ccc(-n2c3ccccc3c3ccccc32)cc1)c1ccc(Cl)cc1. The summed E-state index contributed by atoms with van der Waals surface area (Å²) in [5, 5.41) is 12.7. The molecular weight excluding hydrogens is 388 g/mol. The Hall–Kier alpha value is -3.80. The molecule has 0 radical (unpaired) electrons. The molecule has 3 heteroatoms. The number of benzene rings is 4. The highest BCUT2D eigenvalue weighted by atomic mass is 35.5. The van der Waals surface area contributed by atoms with Gasteiger partial charge < -0.3 is 4.57 Å². The molecule has 0 unspecified atom stereocenters. The van der Waals surface area contributed by atoms with Crippen LogP contribution in [0.25, 0.3) is 39.1 Å². The zero-order valence-corrected chi connectivity index (χ0v) is 16.8. The Kier molecular flexibility index (Phi) is 4.59. The fourth-order valence-corrected chi connectivity index (χ4v) is 4.02. The second kappa shape index (κ2) is 7.55. The molecular formula is C27H17ClN2. The fraction of sp³-hybridized carbons (Fsp3) is 0. The van der Waals surface area contributed by atoms with Gasteiger partial charge in [0.2, 0.25) is 0 Å². The molecule has 0 aliphatic carbocycles. The third kappa shape index (κ3) is 3.16. The number of hydrogen-bond donors (Lipinski definition) is 0. The molecule has 0 spiro atoms. The molecule has 2 nitrogen and oxygen atoms in total. The van der Waals surface area contributed by atoms with Gasteiger partial charge in [0.05, 0.1) is 22.7 Å². The zero-order valence-electron chi connectivity index (χ0n) is 16.1. The third-order valence-corrected chi connectivity index (χ3v) is 5.57. The minimum Gasteiger partial charge on any atom is -0.309 e. The average molecular weight is 405 g/mol. The fourth-order valence-electron chi connectivity index (χ4n) is 3.90. The maximum absolute atomic E-state index is 9.60. The molecule has 5 rings (SSSR count). The van der Waals surface area contributed by atoms with Crippen LogP contribution in [0.5, 0.6) is 0 Å². The Labute approximate surface area is 179 Å². The van der Waals surface area contributed by atoms with E-state index in [2.05, 4.69) is 71.3 Å². The molecule has 0 fully saturated rings. The standard InChI is InChI=1S/C27H17ClN2/c28-22-13-11-20(12-14-22)21(18-29)17-19-9-15-23(16-10-19)30-26-7-3-1-5-24(26)25-6-2-4-8-27(25)30/h1-17H/b21-17+. The first-order valence-corrected chi connectivity index (χ1v) is 10.1. The van der Waals surface area contributed by atoms with Gasteiger partial charge in [-0.1, -0.05) is 72.3 Å². The van der Waals surface area contributed by atoms with Crippen LogP contribution in [0.15, 0.2) is 97.1 Å². The average Bonchev–Trinajstić information content (AvgIpc) is 3.13. The van der Waals surface area contributed by atoms with E-state index in [0.29, 0.717) is 10.6 Å². The van der Waals surface area contributed by atoms with E-state index in [1.54, 1.807) is 12.1 Å². The number of rotatable bonds is 3. The lowest BCUT2D eigenvalue weighted by Gasteiger charge is -2.08. The highest BCUT2D eigenvalue weighted by Crippen LogP contribution is 2.32. The van der Waals surface area contributed by atoms with Gasteiger partial charge in [0.25, 0.3) is 0 Å². The van der Waals surface area contributed by atoms with Gasteiger partial charge in [0.15, 0.2) is 0 Å². The van der Waals surface area contributed by atoms with E-state index in [0.717, 1.165) is 16.8 Å². The predicted molar refractivity (Wildman–Crippen MR) is 126 cm³/mol. The van der Waals surface area contributed by atoms with E-state index in [9.17, 15) is 5.26 Å². The van der Waals surface area contributed by atoms with Gasteiger partial charge in [0.1, 0.15) is 0 Å². The van der Waals surface area contributed by atoms with Crippen LogP contribution in [0.4, 0.5) is 0 Å². The first-order valence-electron chi connectivity index (χ1n) is 9.71. The van der Waals surface area contributed by atoms with Crippen LogP contribution in [0.2, 0.25) is 5.02 Å². The van der Waals surface area contributed by atoms with Crippen LogP contribution in [0.1, 0.15) is 11.1 Å². The van der Waals surface area contributed by atoms with Gasteiger partial charge in [-0.2, -0.15) is 5.26 Å². The molecule has 1 heterocycles. The number of hydrogen-bond acceptors (Lipinski definition) is 1. The Bertz CT molecular complexity index is 1380. The molecule has 142 valence electrons. The molecule has 0 saturated carbocycles. The van der Waals surface area contributed by atoms with Crippen molar-refractivity contribution in [3.8, 4) is 11.8 Å². The summed E-state index contributed by atoms with van der Waals surface area (Å²) < 4.78 is 2.28. The number of nitrogens with zero attached hydrogens (tertiary/aromatic N) is 2. The molecule has 0 saturated heterocycles. The van der Waals surface area contributed by atoms with Gasteiger partial charge in [-0.15, -0.1) is 0 Å². The van der Waals surface area contributed by atoms with Crippen molar-refractivity contribution in [1.82, 2.24) is 4.57 Å². The van der Waals surface area contributed by atoms with E-state index in [1.807, 2.05) is 30.3 Å². The van der Waals surface area contributed by atoms with Crippen LogP contribution in [-0.2, 0) is 0 Å². The largest absolute Gasteiger partial charge is 0.309 e. The smallest absolute Gasteiger partial charge is 0.0998 e. The second-order valence-corrected chi connectivity index (χ2v) is 7.57.